The van der Waals surface area contributed by atoms with Gasteiger partial charge in [0.05, 0.1) is 5.50 Å². The number of hydrogen-bond donors (Lipinski definition) is 0. The molecule has 1 nitrogen and oxygen atoms in total. The number of hydrogen-bond acceptors (Lipinski definition) is 1. The topological polar surface area (TPSA) is 3.24 Å². The van der Waals surface area contributed by atoms with Crippen molar-refractivity contribution in [2.24, 2.45) is 0 Å². The molecule has 1 atom stereocenters. The van der Waals surface area contributed by atoms with Crippen molar-refractivity contribution in [3.8, 4) is 0 Å². The second-order valence-electron chi connectivity index (χ2n) is 1.70. The van der Waals surface area contributed by atoms with Gasteiger partial charge in [0, 0.05) is 6.54 Å². The van der Waals surface area contributed by atoms with Crippen LogP contribution >= 0.6 is 23.4 Å². The first-order valence-corrected chi connectivity index (χ1v) is 3.14. The van der Waals surface area contributed by atoms with Crippen LogP contribution in [0, 0.1) is 0 Å². The van der Waals surface area contributed by atoms with Gasteiger partial charge in [0.1, 0.15) is 0 Å². The normalized spacial score (nSPS) is 34.3. The Morgan fingerprint density at radius 1 is 1.57 bits per heavy atom. The lowest BCUT2D eigenvalue weighted by Gasteiger charge is -2.05. The summed E-state index contributed by atoms with van der Waals surface area (Å²) in [6.07, 6.45) is 2.17. The maximum atomic E-state index is 5.66. The Labute approximate surface area is 53.3 Å². The molecule has 0 bridgehead atoms. The van der Waals surface area contributed by atoms with Crippen molar-refractivity contribution < 1.29 is 0 Å². The van der Waals surface area contributed by atoms with E-state index in [1.165, 1.54) is 0 Å². The molecule has 1 fully saturated rings. The van der Waals surface area contributed by atoms with Crippen molar-refractivity contribution in [1.29, 1.82) is 0 Å². The molecule has 1 rings (SSSR count). The molecule has 1 unspecified atom stereocenters. The molecule has 0 radical (unpaired) electrons. The minimum absolute atomic E-state index is 0.0849. The van der Waals surface area contributed by atoms with Gasteiger partial charge in [-0.05, 0) is 24.6 Å². The van der Waals surface area contributed by atoms with Crippen LogP contribution in [0.2, 0.25) is 0 Å². The molecule has 0 amide bonds. The fourth-order valence-electron chi connectivity index (χ4n) is 0.691. The minimum Gasteiger partial charge on any atom is -0.202 e. The summed E-state index contributed by atoms with van der Waals surface area (Å²) in [5.74, 6) is 0. The van der Waals surface area contributed by atoms with Crippen LogP contribution in [0.5, 0.6) is 0 Å². The number of nitrogens with zero attached hydrogens (tertiary/aromatic N) is 1. The van der Waals surface area contributed by atoms with Crippen LogP contribution in [0.1, 0.15) is 12.8 Å². The van der Waals surface area contributed by atoms with Gasteiger partial charge in [-0.1, -0.05) is 0 Å². The van der Waals surface area contributed by atoms with E-state index in [1.807, 2.05) is 0 Å². The molecule has 0 saturated carbocycles. The van der Waals surface area contributed by atoms with E-state index in [0.717, 1.165) is 19.4 Å². The fourth-order valence-corrected chi connectivity index (χ4v) is 1.16. The average Bonchev–Trinajstić information content (AvgIpc) is 1.91. The second-order valence-corrected chi connectivity index (χ2v) is 2.64. The van der Waals surface area contributed by atoms with Crippen molar-refractivity contribution in [2.45, 2.75) is 18.3 Å². The van der Waals surface area contributed by atoms with Crippen LogP contribution in [0.4, 0.5) is 0 Å². The van der Waals surface area contributed by atoms with Gasteiger partial charge in [-0.3, -0.25) is 0 Å². The highest BCUT2D eigenvalue weighted by molar-refractivity contribution is 6.25. The van der Waals surface area contributed by atoms with Crippen LogP contribution in [0.15, 0.2) is 0 Å². The van der Waals surface area contributed by atoms with Crippen molar-refractivity contribution in [2.75, 3.05) is 6.54 Å². The number of halogens is 2. The molecular weight excluding hydrogens is 133 g/mol. The largest absolute Gasteiger partial charge is 0.202 e. The molecule has 1 saturated heterocycles. The number of alkyl halides is 1. The van der Waals surface area contributed by atoms with Crippen LogP contribution in [0.25, 0.3) is 0 Å². The first-order chi connectivity index (χ1) is 3.30. The summed E-state index contributed by atoms with van der Waals surface area (Å²) in [6.45, 7) is 0.940. The molecule has 0 spiro atoms. The molecule has 0 aromatic carbocycles. The summed E-state index contributed by atoms with van der Waals surface area (Å²) in [5.41, 5.74) is 0.0849. The third-order valence-corrected chi connectivity index (χ3v) is 2.08. The molecule has 7 heavy (non-hydrogen) atoms. The first-order valence-electron chi connectivity index (χ1n) is 2.37. The summed E-state index contributed by atoms with van der Waals surface area (Å²) in [5, 5.41) is 0. The molecule has 0 aromatic heterocycles. The molecule has 1 heterocycles. The maximum absolute atomic E-state index is 5.66. The Morgan fingerprint density at radius 2 is 2.29 bits per heavy atom. The van der Waals surface area contributed by atoms with E-state index in [1.54, 1.807) is 4.42 Å². The third kappa shape index (κ3) is 1.21. The summed E-state index contributed by atoms with van der Waals surface area (Å²) in [6, 6.07) is 0. The van der Waals surface area contributed by atoms with E-state index >= 15 is 0 Å². The molecule has 0 aliphatic carbocycles. The Hall–Kier alpha value is 0.540. The van der Waals surface area contributed by atoms with Crippen LogP contribution in [0.3, 0.4) is 0 Å². The summed E-state index contributed by atoms with van der Waals surface area (Å²) in [7, 11) is 0. The highest BCUT2D eigenvalue weighted by atomic mass is 35.5. The highest BCUT2D eigenvalue weighted by Crippen LogP contribution is 2.21. The Kier molecular flexibility index (Phi) is 1.79. The predicted molar refractivity (Wildman–Crippen MR) is 31.4 cm³/mol. The lowest BCUT2D eigenvalue weighted by Crippen LogP contribution is -2.11. The summed E-state index contributed by atoms with van der Waals surface area (Å²) in [4.78, 5) is 0. The monoisotopic (exact) mass is 139 g/mol. The molecule has 42 valence electrons. The molecule has 3 heteroatoms. The standard InChI is InChI=1S/C4H7Cl2N/c5-4-2-1-3-7(4)6/h4H,1-3H2. The van der Waals surface area contributed by atoms with E-state index in [2.05, 4.69) is 0 Å². The molecule has 0 N–H and O–H groups in total. The van der Waals surface area contributed by atoms with E-state index in [9.17, 15) is 0 Å². The van der Waals surface area contributed by atoms with Gasteiger partial charge in [0.2, 0.25) is 0 Å². The van der Waals surface area contributed by atoms with Crippen molar-refractivity contribution in [1.82, 2.24) is 4.42 Å². The van der Waals surface area contributed by atoms with Gasteiger partial charge in [-0.15, -0.1) is 11.6 Å². The highest BCUT2D eigenvalue weighted by Gasteiger charge is 2.18. The molecule has 1 aliphatic rings. The SMILES string of the molecule is ClC1CCCN1Cl. The zero-order chi connectivity index (χ0) is 5.28. The average molecular weight is 140 g/mol. The van der Waals surface area contributed by atoms with Crippen LogP contribution < -0.4 is 0 Å². The van der Waals surface area contributed by atoms with Gasteiger partial charge in [-0.25, -0.2) is 4.42 Å². The fraction of sp³-hybridized carbons (Fsp3) is 1.00. The minimum atomic E-state index is 0.0849. The Balaban J connectivity index is 2.33. The van der Waals surface area contributed by atoms with E-state index < -0.39 is 0 Å². The lowest BCUT2D eigenvalue weighted by molar-refractivity contribution is 0.526. The lowest BCUT2D eigenvalue weighted by atomic mass is 10.4. The van der Waals surface area contributed by atoms with Crippen LogP contribution in [-0.2, 0) is 0 Å². The van der Waals surface area contributed by atoms with Gasteiger partial charge >= 0.3 is 0 Å². The number of rotatable bonds is 0. The van der Waals surface area contributed by atoms with Gasteiger partial charge in [-0.2, -0.15) is 0 Å². The third-order valence-electron chi connectivity index (χ3n) is 1.12. The Bertz CT molecular complexity index is 58.7. The van der Waals surface area contributed by atoms with Crippen LogP contribution in [-0.4, -0.2) is 16.5 Å². The zero-order valence-corrected chi connectivity index (χ0v) is 5.41. The maximum Gasteiger partial charge on any atom is 0.0990 e. The van der Waals surface area contributed by atoms with Gasteiger partial charge in [0.15, 0.2) is 0 Å². The smallest absolute Gasteiger partial charge is 0.0990 e. The van der Waals surface area contributed by atoms with Crippen molar-refractivity contribution in [3.63, 3.8) is 0 Å². The van der Waals surface area contributed by atoms with Gasteiger partial charge < -0.3 is 0 Å². The van der Waals surface area contributed by atoms with Crippen molar-refractivity contribution in [3.05, 3.63) is 0 Å². The summed E-state index contributed by atoms with van der Waals surface area (Å²) < 4.78 is 1.64. The molecule has 0 aromatic rings. The predicted octanol–water partition coefficient (Wildman–Crippen LogP) is 1.80. The first kappa shape index (κ1) is 5.67. The summed E-state index contributed by atoms with van der Waals surface area (Å²) >= 11 is 11.2. The Morgan fingerprint density at radius 3 is 2.43 bits per heavy atom. The molecular formula is C4H7Cl2N. The van der Waals surface area contributed by atoms with Crippen molar-refractivity contribution >= 4 is 23.4 Å². The second kappa shape index (κ2) is 2.21. The zero-order valence-electron chi connectivity index (χ0n) is 3.90. The van der Waals surface area contributed by atoms with Gasteiger partial charge in [0.25, 0.3) is 0 Å². The van der Waals surface area contributed by atoms with E-state index in [4.69, 9.17) is 23.4 Å². The quantitative estimate of drug-likeness (QED) is 0.281. The van der Waals surface area contributed by atoms with E-state index in [-0.39, 0.29) is 5.50 Å². The van der Waals surface area contributed by atoms with E-state index in [0.29, 0.717) is 0 Å². The molecule has 1 aliphatic heterocycles.